The second-order valence-corrected chi connectivity index (χ2v) is 10.6. The molecule has 2 heterocycles. The van der Waals surface area contributed by atoms with Crippen LogP contribution in [0, 0.1) is 5.92 Å². The van der Waals surface area contributed by atoms with Crippen LogP contribution in [0.1, 0.15) is 34.4 Å². The molecule has 33 heavy (non-hydrogen) atoms. The van der Waals surface area contributed by atoms with Crippen LogP contribution in [0.2, 0.25) is 0 Å². The standard InChI is InChI=1S/C25H14F6S2/c1-11-15-10-21-16(17-8-13(24(26,27)28)2-4-19(17)32-21)6-12(15)7-22-23(11)18-9-14(25(29,30)31)3-5-20(18)33-22/h2-11,15H,1H3. The van der Waals surface area contributed by atoms with E-state index in [-0.39, 0.29) is 11.8 Å². The van der Waals surface area contributed by atoms with Crippen molar-refractivity contribution >= 4 is 61.1 Å². The molecule has 0 aliphatic heterocycles. The molecule has 2 aliphatic carbocycles. The highest BCUT2D eigenvalue weighted by molar-refractivity contribution is 7.20. The van der Waals surface area contributed by atoms with Gasteiger partial charge >= 0.3 is 12.4 Å². The summed E-state index contributed by atoms with van der Waals surface area (Å²) in [6.45, 7) is 2.01. The fourth-order valence-electron chi connectivity index (χ4n) is 4.90. The van der Waals surface area contributed by atoms with E-state index in [9.17, 15) is 26.3 Å². The number of allylic oxidation sites excluding steroid dienone is 1. The number of halogens is 6. The Morgan fingerprint density at radius 3 is 2.00 bits per heavy atom. The molecule has 0 spiro atoms. The van der Waals surface area contributed by atoms with Gasteiger partial charge in [-0.25, -0.2) is 0 Å². The molecular weight excluding hydrogens is 478 g/mol. The van der Waals surface area contributed by atoms with Crippen molar-refractivity contribution in [1.29, 1.82) is 0 Å². The summed E-state index contributed by atoms with van der Waals surface area (Å²) in [6.07, 6.45) is -2.83. The molecule has 0 saturated carbocycles. The summed E-state index contributed by atoms with van der Waals surface area (Å²) in [6, 6.07) is 7.66. The summed E-state index contributed by atoms with van der Waals surface area (Å²) < 4.78 is 82.1. The van der Waals surface area contributed by atoms with E-state index < -0.39 is 23.5 Å². The molecule has 168 valence electrons. The van der Waals surface area contributed by atoms with Crippen LogP contribution in [0.4, 0.5) is 26.3 Å². The summed E-state index contributed by atoms with van der Waals surface area (Å²) in [5.74, 6) is -0.106. The third kappa shape index (κ3) is 3.18. The van der Waals surface area contributed by atoms with Crippen LogP contribution in [0.25, 0.3) is 38.4 Å². The molecule has 0 bridgehead atoms. The lowest BCUT2D eigenvalue weighted by Gasteiger charge is -2.28. The quantitative estimate of drug-likeness (QED) is 0.223. The molecule has 0 saturated heterocycles. The molecule has 2 aromatic carbocycles. The van der Waals surface area contributed by atoms with Crippen LogP contribution in [-0.4, -0.2) is 0 Å². The Labute approximate surface area is 191 Å². The number of rotatable bonds is 0. The molecule has 2 aromatic heterocycles. The van der Waals surface area contributed by atoms with Crippen LogP contribution < -0.4 is 9.75 Å². The Morgan fingerprint density at radius 1 is 0.758 bits per heavy atom. The van der Waals surface area contributed by atoms with Gasteiger partial charge < -0.3 is 0 Å². The first-order valence-electron chi connectivity index (χ1n) is 10.2. The summed E-state index contributed by atoms with van der Waals surface area (Å²) in [5, 5.41) is 1.97. The molecule has 2 aliphatic rings. The maximum Gasteiger partial charge on any atom is 0.416 e. The van der Waals surface area contributed by atoms with Gasteiger partial charge in [0.2, 0.25) is 0 Å². The van der Waals surface area contributed by atoms with E-state index in [1.54, 1.807) is 0 Å². The largest absolute Gasteiger partial charge is 0.416 e. The molecule has 8 heteroatoms. The van der Waals surface area contributed by atoms with Gasteiger partial charge in [-0.05, 0) is 71.0 Å². The lowest BCUT2D eigenvalue weighted by atomic mass is 9.75. The number of hydrogen-bond donors (Lipinski definition) is 0. The minimum Gasteiger partial charge on any atom is -0.166 e. The van der Waals surface area contributed by atoms with Gasteiger partial charge in [-0.15, -0.1) is 22.7 Å². The number of alkyl halides is 6. The van der Waals surface area contributed by atoms with Gasteiger partial charge in [-0.1, -0.05) is 13.0 Å². The summed E-state index contributed by atoms with van der Waals surface area (Å²) >= 11 is 2.89. The van der Waals surface area contributed by atoms with Crippen molar-refractivity contribution in [1.82, 2.24) is 0 Å². The van der Waals surface area contributed by atoms with Crippen LogP contribution in [0.15, 0.2) is 42.0 Å². The van der Waals surface area contributed by atoms with Crippen molar-refractivity contribution in [3.05, 3.63) is 73.3 Å². The van der Waals surface area contributed by atoms with Gasteiger partial charge in [0.1, 0.15) is 0 Å². The zero-order chi connectivity index (χ0) is 23.3. The first-order chi connectivity index (χ1) is 15.5. The molecule has 2 unspecified atom stereocenters. The van der Waals surface area contributed by atoms with Gasteiger partial charge in [-0.3, -0.25) is 0 Å². The zero-order valence-corrected chi connectivity index (χ0v) is 18.6. The maximum atomic E-state index is 13.3. The Morgan fingerprint density at radius 2 is 1.36 bits per heavy atom. The molecule has 0 nitrogen and oxygen atoms in total. The van der Waals surface area contributed by atoms with E-state index >= 15 is 0 Å². The number of hydrogen-bond acceptors (Lipinski definition) is 2. The average molecular weight is 493 g/mol. The van der Waals surface area contributed by atoms with Gasteiger partial charge in [0.15, 0.2) is 0 Å². The monoisotopic (exact) mass is 492 g/mol. The lowest BCUT2D eigenvalue weighted by Crippen LogP contribution is -2.29. The van der Waals surface area contributed by atoms with Crippen LogP contribution in [0.5, 0.6) is 0 Å². The van der Waals surface area contributed by atoms with Crippen molar-refractivity contribution in [2.45, 2.75) is 25.2 Å². The minimum atomic E-state index is -4.41. The Hall–Kier alpha value is -2.58. The first kappa shape index (κ1) is 21.0. The second kappa shape index (κ2) is 6.73. The number of fused-ring (bicyclic) bond motifs is 7. The van der Waals surface area contributed by atoms with E-state index in [2.05, 4.69) is 6.08 Å². The van der Waals surface area contributed by atoms with Crippen LogP contribution in [-0.2, 0) is 12.4 Å². The minimum absolute atomic E-state index is 0.0486. The average Bonchev–Trinajstić information content (AvgIpc) is 3.28. The lowest BCUT2D eigenvalue weighted by molar-refractivity contribution is -0.138. The predicted octanol–water partition coefficient (Wildman–Crippen LogP) is 7.55. The van der Waals surface area contributed by atoms with Gasteiger partial charge in [-0.2, -0.15) is 26.3 Å². The summed E-state index contributed by atoms with van der Waals surface area (Å²) in [7, 11) is 0. The van der Waals surface area contributed by atoms with E-state index in [0.29, 0.717) is 10.8 Å². The molecular formula is C25H14F6S2. The molecule has 0 N–H and O–H groups in total. The topological polar surface area (TPSA) is 0 Å². The summed E-state index contributed by atoms with van der Waals surface area (Å²) in [4.78, 5) is 0.909. The predicted molar refractivity (Wildman–Crippen MR) is 122 cm³/mol. The summed E-state index contributed by atoms with van der Waals surface area (Å²) in [5.41, 5.74) is 0.541. The van der Waals surface area contributed by atoms with E-state index in [4.69, 9.17) is 0 Å². The Bertz CT molecular complexity index is 1610. The fourth-order valence-corrected chi connectivity index (χ4v) is 7.30. The SMILES string of the molecule is CC1c2c(sc3ccc(C(F)(F)F)cc23)C=C2C=c3c(sc4ccc(C(F)(F)F)cc34)=CC21. The van der Waals surface area contributed by atoms with Gasteiger partial charge in [0.05, 0.1) is 11.1 Å². The highest BCUT2D eigenvalue weighted by atomic mass is 32.1. The molecule has 0 radical (unpaired) electrons. The Balaban J connectivity index is 1.56. The van der Waals surface area contributed by atoms with Crippen molar-refractivity contribution in [2.75, 3.05) is 0 Å². The molecule has 6 rings (SSSR count). The fraction of sp³-hybridized carbons (Fsp3) is 0.200. The second-order valence-electron chi connectivity index (χ2n) is 8.45. The molecule has 4 aromatic rings. The first-order valence-corrected chi connectivity index (χ1v) is 11.8. The van der Waals surface area contributed by atoms with Crippen molar-refractivity contribution in [3.63, 3.8) is 0 Å². The Kier molecular flexibility index (Phi) is 4.28. The number of benzene rings is 2. The van der Waals surface area contributed by atoms with E-state index in [1.165, 1.54) is 46.9 Å². The molecule has 0 amide bonds. The van der Waals surface area contributed by atoms with Crippen LogP contribution >= 0.6 is 22.7 Å². The highest BCUT2D eigenvalue weighted by Gasteiger charge is 2.35. The van der Waals surface area contributed by atoms with Crippen LogP contribution in [0.3, 0.4) is 0 Å². The normalized spacial score (nSPS) is 20.0. The van der Waals surface area contributed by atoms with E-state index in [0.717, 1.165) is 47.3 Å². The smallest absolute Gasteiger partial charge is 0.166 e. The van der Waals surface area contributed by atoms with Gasteiger partial charge in [0.25, 0.3) is 0 Å². The van der Waals surface area contributed by atoms with Crippen molar-refractivity contribution in [2.24, 2.45) is 5.92 Å². The van der Waals surface area contributed by atoms with E-state index in [1.807, 2.05) is 19.1 Å². The third-order valence-corrected chi connectivity index (χ3v) is 8.77. The van der Waals surface area contributed by atoms with Gasteiger partial charge in [0, 0.05) is 35.3 Å². The number of thiophene rings is 2. The third-order valence-electron chi connectivity index (χ3n) is 6.48. The zero-order valence-electron chi connectivity index (χ0n) is 16.9. The van der Waals surface area contributed by atoms with Crippen molar-refractivity contribution in [3.8, 4) is 0 Å². The van der Waals surface area contributed by atoms with Crippen molar-refractivity contribution < 1.29 is 26.3 Å². The maximum absolute atomic E-state index is 13.3. The highest BCUT2D eigenvalue weighted by Crippen LogP contribution is 2.48. The molecule has 0 fully saturated rings. The molecule has 2 atom stereocenters.